The fraction of sp³-hybridized carbons (Fsp3) is 0.381. The van der Waals surface area contributed by atoms with Crippen molar-refractivity contribution in [3.05, 3.63) is 65.5 Å². The van der Waals surface area contributed by atoms with Crippen LogP contribution in [0.3, 0.4) is 0 Å². The molecule has 2 aromatic carbocycles. The van der Waals surface area contributed by atoms with Gasteiger partial charge in [0, 0.05) is 5.56 Å². The molecular weight excluding hydrogens is 379 g/mol. The van der Waals surface area contributed by atoms with Crippen LogP contribution in [0, 0.1) is 18.7 Å². The van der Waals surface area contributed by atoms with Crippen LogP contribution in [-0.2, 0) is 14.8 Å². The van der Waals surface area contributed by atoms with Gasteiger partial charge in [0.1, 0.15) is 11.9 Å². The highest BCUT2D eigenvalue weighted by Gasteiger charge is 2.28. The molecule has 0 aliphatic heterocycles. The molecule has 0 aliphatic rings. The molecule has 2 atom stereocenters. The molecule has 0 radical (unpaired) electrons. The number of aryl methyl sites for hydroxylation is 1. The van der Waals surface area contributed by atoms with Crippen molar-refractivity contribution in [3.63, 3.8) is 0 Å². The Morgan fingerprint density at radius 2 is 1.64 bits per heavy atom. The molecule has 0 aromatic heterocycles. The first-order chi connectivity index (χ1) is 13.1. The van der Waals surface area contributed by atoms with E-state index in [4.69, 9.17) is 0 Å². The quantitative estimate of drug-likeness (QED) is 0.702. The van der Waals surface area contributed by atoms with Gasteiger partial charge in [0.15, 0.2) is 0 Å². The first-order valence-electron chi connectivity index (χ1n) is 9.24. The van der Waals surface area contributed by atoms with E-state index in [9.17, 15) is 17.6 Å². The van der Waals surface area contributed by atoms with Crippen LogP contribution in [0.2, 0.25) is 0 Å². The predicted octanol–water partition coefficient (Wildman–Crippen LogP) is 3.70. The van der Waals surface area contributed by atoms with Crippen LogP contribution in [0.4, 0.5) is 4.39 Å². The average Bonchev–Trinajstić information content (AvgIpc) is 2.61. The Balaban J connectivity index is 2.19. The van der Waals surface area contributed by atoms with Crippen molar-refractivity contribution in [2.24, 2.45) is 5.92 Å². The van der Waals surface area contributed by atoms with Crippen LogP contribution in [0.5, 0.6) is 0 Å². The minimum absolute atomic E-state index is 0.0836. The summed E-state index contributed by atoms with van der Waals surface area (Å²) in [7, 11) is -3.86. The minimum Gasteiger partial charge on any atom is -0.348 e. The third kappa shape index (κ3) is 5.87. The molecule has 5 nitrogen and oxygen atoms in total. The Morgan fingerprint density at radius 1 is 1.04 bits per heavy atom. The molecule has 0 aliphatic carbocycles. The number of hydrogen-bond acceptors (Lipinski definition) is 3. The molecule has 0 saturated heterocycles. The molecule has 7 heteroatoms. The summed E-state index contributed by atoms with van der Waals surface area (Å²) in [6.45, 7) is 7.33. The maximum Gasteiger partial charge on any atom is 0.241 e. The van der Waals surface area contributed by atoms with E-state index in [1.165, 1.54) is 18.2 Å². The van der Waals surface area contributed by atoms with Gasteiger partial charge in [-0.05, 0) is 44.4 Å². The lowest BCUT2D eigenvalue weighted by molar-refractivity contribution is -0.123. The van der Waals surface area contributed by atoms with Crippen molar-refractivity contribution in [3.8, 4) is 0 Å². The molecule has 28 heavy (non-hydrogen) atoms. The van der Waals surface area contributed by atoms with Gasteiger partial charge in [0.2, 0.25) is 15.9 Å². The first-order valence-corrected chi connectivity index (χ1v) is 10.7. The topological polar surface area (TPSA) is 75.3 Å². The fourth-order valence-corrected chi connectivity index (χ4v) is 4.08. The van der Waals surface area contributed by atoms with Crippen molar-refractivity contribution >= 4 is 15.9 Å². The second-order valence-electron chi connectivity index (χ2n) is 7.37. The smallest absolute Gasteiger partial charge is 0.241 e. The van der Waals surface area contributed by atoms with E-state index in [-0.39, 0.29) is 10.8 Å². The number of carbonyl (C=O) groups is 1. The molecule has 2 aromatic rings. The zero-order chi connectivity index (χ0) is 20.9. The highest BCUT2D eigenvalue weighted by molar-refractivity contribution is 7.89. The number of hydrogen-bond donors (Lipinski definition) is 2. The van der Waals surface area contributed by atoms with E-state index in [1.807, 2.05) is 20.8 Å². The molecule has 0 heterocycles. The number of rotatable bonds is 8. The Bertz CT molecular complexity index is 912. The molecular formula is C21H27FN2O3S. The van der Waals surface area contributed by atoms with Gasteiger partial charge in [-0.3, -0.25) is 4.79 Å². The molecule has 0 spiro atoms. The lowest BCUT2D eigenvalue weighted by Crippen LogP contribution is -2.47. The maximum absolute atomic E-state index is 14.0. The molecule has 1 amide bonds. The first kappa shape index (κ1) is 22.0. The maximum atomic E-state index is 14.0. The van der Waals surface area contributed by atoms with Gasteiger partial charge >= 0.3 is 0 Å². The van der Waals surface area contributed by atoms with Crippen LogP contribution in [0.15, 0.2) is 53.4 Å². The van der Waals surface area contributed by atoms with Crippen LogP contribution in [0.1, 0.15) is 44.4 Å². The SMILES string of the molecule is Cc1ccc(S(=O)(=O)N[C@@H](CC(C)C)C(=O)N[C@H](C)c2ccccc2F)cc1. The normalized spacial score (nSPS) is 13.9. The Labute approximate surface area is 166 Å². The Hall–Kier alpha value is -2.25. The van der Waals surface area contributed by atoms with Crippen molar-refractivity contribution in [2.75, 3.05) is 0 Å². The van der Waals surface area contributed by atoms with Crippen LogP contribution >= 0.6 is 0 Å². The van der Waals surface area contributed by atoms with Gasteiger partial charge in [-0.1, -0.05) is 49.7 Å². The monoisotopic (exact) mass is 406 g/mol. The zero-order valence-electron chi connectivity index (χ0n) is 16.6. The second-order valence-corrected chi connectivity index (χ2v) is 9.08. The third-order valence-electron chi connectivity index (χ3n) is 4.38. The third-order valence-corrected chi connectivity index (χ3v) is 5.87. The molecule has 2 N–H and O–H groups in total. The van der Waals surface area contributed by atoms with Crippen LogP contribution in [-0.4, -0.2) is 20.4 Å². The second kappa shape index (κ2) is 9.30. The summed E-state index contributed by atoms with van der Waals surface area (Å²) in [4.78, 5) is 12.9. The summed E-state index contributed by atoms with van der Waals surface area (Å²) in [6, 6.07) is 11.0. The number of amides is 1. The van der Waals surface area contributed by atoms with Crippen molar-refractivity contribution in [1.82, 2.24) is 10.0 Å². The van der Waals surface area contributed by atoms with E-state index in [0.29, 0.717) is 12.0 Å². The summed E-state index contributed by atoms with van der Waals surface area (Å²) in [6.07, 6.45) is 0.320. The van der Waals surface area contributed by atoms with E-state index in [1.54, 1.807) is 37.3 Å². The highest BCUT2D eigenvalue weighted by atomic mass is 32.2. The number of sulfonamides is 1. The van der Waals surface area contributed by atoms with Gasteiger partial charge in [-0.2, -0.15) is 4.72 Å². The van der Waals surface area contributed by atoms with Crippen LogP contribution in [0.25, 0.3) is 0 Å². The number of carbonyl (C=O) groups excluding carboxylic acids is 1. The molecule has 0 unspecified atom stereocenters. The Kier molecular flexibility index (Phi) is 7.32. The Morgan fingerprint density at radius 3 is 2.21 bits per heavy atom. The van der Waals surface area contributed by atoms with E-state index in [0.717, 1.165) is 5.56 Å². The lowest BCUT2D eigenvalue weighted by atomic mass is 10.0. The summed E-state index contributed by atoms with van der Waals surface area (Å²) in [5, 5.41) is 2.72. The summed E-state index contributed by atoms with van der Waals surface area (Å²) in [5.74, 6) is -0.823. The number of benzene rings is 2. The van der Waals surface area contributed by atoms with Gasteiger partial charge in [0.25, 0.3) is 0 Å². The van der Waals surface area contributed by atoms with Crippen molar-refractivity contribution in [2.45, 2.75) is 51.1 Å². The number of nitrogens with one attached hydrogen (secondary N) is 2. The van der Waals surface area contributed by atoms with E-state index in [2.05, 4.69) is 10.0 Å². The summed E-state index contributed by atoms with van der Waals surface area (Å²) in [5.41, 5.74) is 1.29. The molecule has 2 rings (SSSR count). The molecule has 152 valence electrons. The zero-order valence-corrected chi connectivity index (χ0v) is 17.4. The average molecular weight is 407 g/mol. The van der Waals surface area contributed by atoms with Gasteiger partial charge < -0.3 is 5.32 Å². The van der Waals surface area contributed by atoms with Crippen molar-refractivity contribution < 1.29 is 17.6 Å². The lowest BCUT2D eigenvalue weighted by Gasteiger charge is -2.23. The van der Waals surface area contributed by atoms with Gasteiger partial charge in [0.05, 0.1) is 10.9 Å². The minimum atomic E-state index is -3.86. The van der Waals surface area contributed by atoms with Gasteiger partial charge in [-0.25, -0.2) is 12.8 Å². The molecule has 0 saturated carbocycles. The molecule has 0 fully saturated rings. The summed E-state index contributed by atoms with van der Waals surface area (Å²) < 4.78 is 41.9. The highest BCUT2D eigenvalue weighted by Crippen LogP contribution is 2.18. The van der Waals surface area contributed by atoms with Gasteiger partial charge in [-0.15, -0.1) is 0 Å². The molecule has 0 bridgehead atoms. The van der Waals surface area contributed by atoms with E-state index < -0.39 is 33.8 Å². The van der Waals surface area contributed by atoms with E-state index >= 15 is 0 Å². The summed E-state index contributed by atoms with van der Waals surface area (Å²) >= 11 is 0. The largest absolute Gasteiger partial charge is 0.348 e. The van der Waals surface area contributed by atoms with Crippen molar-refractivity contribution in [1.29, 1.82) is 0 Å². The standard InChI is InChI=1S/C21H27FN2O3S/c1-14(2)13-20(24-28(26,27)17-11-9-15(3)10-12-17)21(25)23-16(4)18-7-5-6-8-19(18)22/h5-12,14,16,20,24H,13H2,1-4H3,(H,23,25)/t16-,20+/m1/s1. The number of halogens is 1. The fourth-order valence-electron chi connectivity index (χ4n) is 2.87. The van der Waals surface area contributed by atoms with Crippen LogP contribution < -0.4 is 10.0 Å². The predicted molar refractivity (Wildman–Crippen MR) is 108 cm³/mol.